The second-order valence-corrected chi connectivity index (χ2v) is 8.54. The zero-order valence-electron chi connectivity index (χ0n) is 14.2. The molecule has 0 spiro atoms. The quantitative estimate of drug-likeness (QED) is 0.631. The Morgan fingerprint density at radius 1 is 1.48 bits per heavy atom. The Kier molecular flexibility index (Phi) is 6.25. The third-order valence-electron chi connectivity index (χ3n) is 4.89. The van der Waals surface area contributed by atoms with E-state index in [0.717, 1.165) is 30.8 Å². The monoisotopic (exact) mass is 352 g/mol. The van der Waals surface area contributed by atoms with Crippen molar-refractivity contribution in [1.82, 2.24) is 15.5 Å². The van der Waals surface area contributed by atoms with Crippen LogP contribution in [-0.2, 0) is 13.0 Å². The summed E-state index contributed by atoms with van der Waals surface area (Å²) in [5.74, 6) is 0.963. The first-order valence-corrected chi connectivity index (χ1v) is 10.7. The highest BCUT2D eigenvalue weighted by atomic mass is 32.2. The van der Waals surface area contributed by atoms with E-state index in [1.165, 1.54) is 37.8 Å². The van der Waals surface area contributed by atoms with Crippen LogP contribution < -0.4 is 10.6 Å². The third-order valence-corrected chi connectivity index (χ3v) is 7.01. The maximum atomic E-state index is 4.38. The fourth-order valence-corrected chi connectivity index (χ4v) is 5.19. The van der Waals surface area contributed by atoms with Crippen LogP contribution >= 0.6 is 23.1 Å². The van der Waals surface area contributed by atoms with Crippen LogP contribution in [-0.4, -0.2) is 55.1 Å². The molecule has 1 aromatic rings. The Morgan fingerprint density at radius 3 is 3.17 bits per heavy atom. The van der Waals surface area contributed by atoms with Gasteiger partial charge in [0.05, 0.1) is 0 Å². The Labute approximate surface area is 148 Å². The zero-order chi connectivity index (χ0) is 16.1. The molecule has 1 aliphatic heterocycles. The predicted molar refractivity (Wildman–Crippen MR) is 103 cm³/mol. The SMILES string of the molecule is CN=C(NCCN1CCc2sccc2C1)NC1CCC(SC)C1. The molecule has 1 aliphatic carbocycles. The molecule has 0 amide bonds. The predicted octanol–water partition coefficient (Wildman–Crippen LogP) is 2.56. The van der Waals surface area contributed by atoms with Crippen molar-refractivity contribution in [1.29, 1.82) is 0 Å². The minimum absolute atomic E-state index is 0.585. The van der Waals surface area contributed by atoms with E-state index in [9.17, 15) is 0 Å². The minimum Gasteiger partial charge on any atom is -0.355 e. The summed E-state index contributed by atoms with van der Waals surface area (Å²) in [6.45, 7) is 4.32. The summed E-state index contributed by atoms with van der Waals surface area (Å²) in [5, 5.41) is 10.1. The van der Waals surface area contributed by atoms with Crippen LogP contribution in [0.5, 0.6) is 0 Å². The second-order valence-electron chi connectivity index (χ2n) is 6.41. The van der Waals surface area contributed by atoms with Crippen molar-refractivity contribution in [2.75, 3.05) is 32.9 Å². The lowest BCUT2D eigenvalue weighted by molar-refractivity contribution is 0.260. The van der Waals surface area contributed by atoms with Gasteiger partial charge in [-0.2, -0.15) is 11.8 Å². The highest BCUT2D eigenvalue weighted by Crippen LogP contribution is 2.28. The first-order valence-electron chi connectivity index (χ1n) is 8.56. The number of fused-ring (bicyclic) bond motifs is 1. The normalized spacial score (nSPS) is 25.4. The lowest BCUT2D eigenvalue weighted by atomic mass is 10.1. The number of guanidine groups is 1. The molecule has 0 radical (unpaired) electrons. The molecule has 2 heterocycles. The van der Waals surface area contributed by atoms with Crippen molar-refractivity contribution < 1.29 is 0 Å². The molecule has 6 heteroatoms. The van der Waals surface area contributed by atoms with E-state index >= 15 is 0 Å². The first kappa shape index (κ1) is 17.1. The van der Waals surface area contributed by atoms with Gasteiger partial charge in [0.15, 0.2) is 5.96 Å². The van der Waals surface area contributed by atoms with Crippen LogP contribution in [0.2, 0.25) is 0 Å². The van der Waals surface area contributed by atoms with Gasteiger partial charge in [0.1, 0.15) is 0 Å². The summed E-state index contributed by atoms with van der Waals surface area (Å²) >= 11 is 3.90. The number of rotatable bonds is 5. The molecular weight excluding hydrogens is 324 g/mol. The number of hydrogen-bond acceptors (Lipinski definition) is 4. The van der Waals surface area contributed by atoms with Crippen molar-refractivity contribution in [3.63, 3.8) is 0 Å². The maximum Gasteiger partial charge on any atom is 0.191 e. The largest absolute Gasteiger partial charge is 0.355 e. The Hall–Kier alpha value is -0.720. The molecule has 2 unspecified atom stereocenters. The fraction of sp³-hybridized carbons (Fsp3) is 0.706. The van der Waals surface area contributed by atoms with Crippen LogP contribution in [0, 0.1) is 0 Å². The summed E-state index contributed by atoms with van der Waals surface area (Å²) in [5.41, 5.74) is 1.53. The van der Waals surface area contributed by atoms with Crippen LogP contribution in [0.4, 0.5) is 0 Å². The van der Waals surface area contributed by atoms with Gasteiger partial charge in [0.25, 0.3) is 0 Å². The molecule has 1 saturated carbocycles. The number of thiophene rings is 1. The summed E-state index contributed by atoms with van der Waals surface area (Å²) in [6.07, 6.45) is 7.27. The highest BCUT2D eigenvalue weighted by Gasteiger charge is 2.24. The van der Waals surface area contributed by atoms with Crippen molar-refractivity contribution in [3.8, 4) is 0 Å². The lowest BCUT2D eigenvalue weighted by Crippen LogP contribution is -2.45. The molecule has 23 heavy (non-hydrogen) atoms. The Bertz CT molecular complexity index is 528. The van der Waals surface area contributed by atoms with Crippen LogP contribution in [0.15, 0.2) is 16.4 Å². The molecular formula is C17H28N4S2. The summed E-state index contributed by atoms with van der Waals surface area (Å²) in [7, 11) is 1.87. The van der Waals surface area contributed by atoms with Gasteiger partial charge >= 0.3 is 0 Å². The van der Waals surface area contributed by atoms with Gasteiger partial charge in [-0.25, -0.2) is 0 Å². The van der Waals surface area contributed by atoms with Gasteiger partial charge in [-0.05, 0) is 48.9 Å². The van der Waals surface area contributed by atoms with Gasteiger partial charge in [0.2, 0.25) is 0 Å². The van der Waals surface area contributed by atoms with Crippen molar-refractivity contribution in [2.45, 2.75) is 43.5 Å². The molecule has 1 fully saturated rings. The van der Waals surface area contributed by atoms with Crippen LogP contribution in [0.25, 0.3) is 0 Å². The molecule has 1 aromatic heterocycles. The second kappa shape index (κ2) is 8.40. The molecule has 2 atom stereocenters. The van der Waals surface area contributed by atoms with Crippen molar-refractivity contribution in [2.24, 2.45) is 4.99 Å². The molecule has 0 aromatic carbocycles. The van der Waals surface area contributed by atoms with E-state index in [0.29, 0.717) is 6.04 Å². The summed E-state index contributed by atoms with van der Waals surface area (Å²) in [4.78, 5) is 8.50. The van der Waals surface area contributed by atoms with E-state index in [1.54, 1.807) is 4.88 Å². The number of aliphatic imine (C=N–C) groups is 1. The standard InChI is InChI=1S/C17H28N4S2/c1-18-17(20-14-3-4-15(11-14)22-2)19-7-9-21-8-5-16-13(12-21)6-10-23-16/h6,10,14-15H,3-5,7-9,11-12H2,1-2H3,(H2,18,19,20). The van der Waals surface area contributed by atoms with Gasteiger partial charge < -0.3 is 10.6 Å². The molecule has 2 N–H and O–H groups in total. The van der Waals surface area contributed by atoms with Crippen molar-refractivity contribution in [3.05, 3.63) is 21.9 Å². The lowest BCUT2D eigenvalue weighted by Gasteiger charge is -2.27. The highest BCUT2D eigenvalue weighted by molar-refractivity contribution is 7.99. The van der Waals surface area contributed by atoms with E-state index < -0.39 is 0 Å². The maximum absolute atomic E-state index is 4.38. The minimum atomic E-state index is 0.585. The first-order chi connectivity index (χ1) is 11.3. The summed E-state index contributed by atoms with van der Waals surface area (Å²) in [6, 6.07) is 2.87. The molecule has 128 valence electrons. The van der Waals surface area contributed by atoms with Gasteiger partial charge in [0, 0.05) is 49.4 Å². The van der Waals surface area contributed by atoms with Gasteiger partial charge in [-0.1, -0.05) is 0 Å². The van der Waals surface area contributed by atoms with E-state index in [-0.39, 0.29) is 0 Å². The Morgan fingerprint density at radius 2 is 2.39 bits per heavy atom. The fourth-order valence-electron chi connectivity index (χ4n) is 3.50. The number of hydrogen-bond donors (Lipinski definition) is 2. The molecule has 4 nitrogen and oxygen atoms in total. The third kappa shape index (κ3) is 4.64. The molecule has 2 aliphatic rings. The van der Waals surface area contributed by atoms with Crippen molar-refractivity contribution >= 4 is 29.1 Å². The zero-order valence-corrected chi connectivity index (χ0v) is 15.8. The smallest absolute Gasteiger partial charge is 0.191 e. The van der Waals surface area contributed by atoms with E-state index in [2.05, 4.69) is 38.2 Å². The average molecular weight is 353 g/mol. The van der Waals surface area contributed by atoms with E-state index in [4.69, 9.17) is 0 Å². The topological polar surface area (TPSA) is 39.7 Å². The number of nitrogens with zero attached hydrogens (tertiary/aromatic N) is 2. The van der Waals surface area contributed by atoms with Crippen LogP contribution in [0.3, 0.4) is 0 Å². The van der Waals surface area contributed by atoms with Gasteiger partial charge in [-0.3, -0.25) is 9.89 Å². The molecule has 3 rings (SSSR count). The van der Waals surface area contributed by atoms with Crippen LogP contribution in [0.1, 0.15) is 29.7 Å². The molecule has 0 bridgehead atoms. The summed E-state index contributed by atoms with van der Waals surface area (Å²) < 4.78 is 0. The Balaban J connectivity index is 1.38. The number of nitrogens with one attached hydrogen (secondary N) is 2. The number of thioether (sulfide) groups is 1. The molecule has 0 saturated heterocycles. The average Bonchev–Trinajstić information content (AvgIpc) is 3.22. The van der Waals surface area contributed by atoms with E-state index in [1.807, 2.05) is 30.1 Å². The van der Waals surface area contributed by atoms with Gasteiger partial charge in [-0.15, -0.1) is 11.3 Å².